The lowest BCUT2D eigenvalue weighted by Gasteiger charge is -2.32. The number of nitrogens with zero attached hydrogens (tertiary/aromatic N) is 2. The molecule has 0 bridgehead atoms. The van der Waals surface area contributed by atoms with E-state index in [0.29, 0.717) is 25.3 Å². The number of nitro groups is 1. The quantitative estimate of drug-likeness (QED) is 0.192. The van der Waals surface area contributed by atoms with Crippen molar-refractivity contribution in [1.82, 2.24) is 10.2 Å². The number of hydrogen-bond donors (Lipinski definition) is 1. The van der Waals surface area contributed by atoms with Crippen LogP contribution < -0.4 is 5.32 Å². The summed E-state index contributed by atoms with van der Waals surface area (Å²) in [6.07, 6.45) is 0.403. The Labute approximate surface area is 236 Å². The van der Waals surface area contributed by atoms with Gasteiger partial charge in [0.1, 0.15) is 6.04 Å². The molecule has 1 unspecified atom stereocenters. The van der Waals surface area contributed by atoms with Crippen molar-refractivity contribution in [3.63, 3.8) is 0 Å². The number of halogens is 1. The standard InChI is InChI=1S/C29H32BrN3O4S/c1-21(2)17-31-29(35)27(16-22-6-4-3-5-7-22)32(18-23-8-12-25(30)13-9-23)28(34)20-38-19-24-10-14-26(15-11-24)33(36)37/h3-15,21,27H,16-20H2,1-2H3,(H,31,35). The van der Waals surface area contributed by atoms with Crippen molar-refractivity contribution in [2.45, 2.75) is 38.6 Å². The minimum Gasteiger partial charge on any atom is -0.354 e. The molecular formula is C29H32BrN3O4S. The Morgan fingerprint density at radius 2 is 1.58 bits per heavy atom. The van der Waals surface area contributed by atoms with E-state index in [-0.39, 0.29) is 29.2 Å². The summed E-state index contributed by atoms with van der Waals surface area (Å²) in [5.41, 5.74) is 2.83. The molecule has 7 nitrogen and oxygen atoms in total. The van der Waals surface area contributed by atoms with Crippen molar-refractivity contribution < 1.29 is 14.5 Å². The van der Waals surface area contributed by atoms with E-state index in [1.807, 2.05) is 68.4 Å². The SMILES string of the molecule is CC(C)CNC(=O)C(Cc1ccccc1)N(Cc1ccc(Br)cc1)C(=O)CSCc1ccc([N+](=O)[O-])cc1. The van der Waals surface area contributed by atoms with E-state index in [2.05, 4.69) is 21.2 Å². The number of rotatable bonds is 13. The van der Waals surface area contributed by atoms with Crippen LogP contribution in [0.25, 0.3) is 0 Å². The lowest BCUT2D eigenvalue weighted by atomic mass is 10.0. The lowest BCUT2D eigenvalue weighted by molar-refractivity contribution is -0.384. The van der Waals surface area contributed by atoms with E-state index in [1.54, 1.807) is 17.0 Å². The maximum absolute atomic E-state index is 13.6. The van der Waals surface area contributed by atoms with Crippen molar-refractivity contribution in [2.24, 2.45) is 5.92 Å². The summed E-state index contributed by atoms with van der Waals surface area (Å²) >= 11 is 4.88. The van der Waals surface area contributed by atoms with Crippen LogP contribution in [0, 0.1) is 16.0 Å². The van der Waals surface area contributed by atoms with Crippen molar-refractivity contribution in [3.8, 4) is 0 Å². The molecule has 0 heterocycles. The highest BCUT2D eigenvalue weighted by Crippen LogP contribution is 2.21. The van der Waals surface area contributed by atoms with Crippen molar-refractivity contribution in [3.05, 3.63) is 110 Å². The fraction of sp³-hybridized carbons (Fsp3) is 0.310. The molecule has 0 spiro atoms. The van der Waals surface area contributed by atoms with Crippen LogP contribution in [0.2, 0.25) is 0 Å². The summed E-state index contributed by atoms with van der Waals surface area (Å²) in [6, 6.07) is 23.1. The van der Waals surface area contributed by atoms with Crippen LogP contribution in [0.15, 0.2) is 83.3 Å². The second-order valence-electron chi connectivity index (χ2n) is 9.41. The third-order valence-electron chi connectivity index (χ3n) is 5.86. The number of hydrogen-bond acceptors (Lipinski definition) is 5. The fourth-order valence-corrected chi connectivity index (χ4v) is 4.95. The molecule has 3 aromatic carbocycles. The molecule has 200 valence electrons. The maximum Gasteiger partial charge on any atom is 0.269 e. The van der Waals surface area contributed by atoms with Crippen LogP contribution in [-0.4, -0.2) is 40.0 Å². The molecule has 0 aliphatic heterocycles. The van der Waals surface area contributed by atoms with Gasteiger partial charge in [0.15, 0.2) is 0 Å². The first-order valence-corrected chi connectivity index (χ1v) is 14.3. The third-order valence-corrected chi connectivity index (χ3v) is 7.38. The van der Waals surface area contributed by atoms with E-state index in [9.17, 15) is 19.7 Å². The molecule has 0 saturated heterocycles. The van der Waals surface area contributed by atoms with Gasteiger partial charge >= 0.3 is 0 Å². The average Bonchev–Trinajstić information content (AvgIpc) is 2.91. The molecule has 2 amide bonds. The van der Waals surface area contributed by atoms with Gasteiger partial charge in [-0.25, -0.2) is 0 Å². The van der Waals surface area contributed by atoms with Gasteiger partial charge in [-0.2, -0.15) is 0 Å². The van der Waals surface area contributed by atoms with Gasteiger partial charge < -0.3 is 10.2 Å². The molecular weight excluding hydrogens is 566 g/mol. The second kappa shape index (κ2) is 14.7. The van der Waals surface area contributed by atoms with Gasteiger partial charge in [0, 0.05) is 41.9 Å². The van der Waals surface area contributed by atoms with E-state index in [0.717, 1.165) is 21.2 Å². The first-order valence-electron chi connectivity index (χ1n) is 12.4. The summed E-state index contributed by atoms with van der Waals surface area (Å²) in [4.78, 5) is 39.2. The van der Waals surface area contributed by atoms with Crippen LogP contribution in [-0.2, 0) is 28.3 Å². The summed E-state index contributed by atoms with van der Waals surface area (Å²) in [5, 5.41) is 13.9. The van der Waals surface area contributed by atoms with E-state index < -0.39 is 11.0 Å². The summed E-state index contributed by atoms with van der Waals surface area (Å²) < 4.78 is 0.938. The molecule has 0 radical (unpaired) electrons. The van der Waals surface area contributed by atoms with Gasteiger partial charge in [-0.15, -0.1) is 11.8 Å². The summed E-state index contributed by atoms with van der Waals surface area (Å²) in [5.74, 6) is 0.674. The average molecular weight is 599 g/mol. The van der Waals surface area contributed by atoms with Gasteiger partial charge in [-0.05, 0) is 34.7 Å². The number of nitrogens with one attached hydrogen (secondary N) is 1. The molecule has 3 aromatic rings. The molecule has 9 heteroatoms. The number of amides is 2. The molecule has 1 atom stereocenters. The molecule has 0 aliphatic carbocycles. The first-order chi connectivity index (χ1) is 18.2. The second-order valence-corrected chi connectivity index (χ2v) is 11.3. The van der Waals surface area contributed by atoms with Crippen LogP contribution >= 0.6 is 27.7 Å². The maximum atomic E-state index is 13.6. The first kappa shape index (κ1) is 29.4. The number of non-ortho nitro benzene ring substituents is 1. The Balaban J connectivity index is 1.81. The number of benzene rings is 3. The van der Waals surface area contributed by atoms with Crippen molar-refractivity contribution in [2.75, 3.05) is 12.3 Å². The molecule has 0 aromatic heterocycles. The third kappa shape index (κ3) is 9.29. The zero-order valence-electron chi connectivity index (χ0n) is 21.5. The van der Waals surface area contributed by atoms with Crippen LogP contribution in [0.4, 0.5) is 5.69 Å². The Morgan fingerprint density at radius 1 is 0.947 bits per heavy atom. The minimum absolute atomic E-state index is 0.0339. The van der Waals surface area contributed by atoms with Gasteiger partial charge in [-0.1, -0.05) is 84.4 Å². The normalized spacial score (nSPS) is 11.7. The Hall–Kier alpha value is -3.17. The zero-order chi connectivity index (χ0) is 27.5. The smallest absolute Gasteiger partial charge is 0.269 e. The molecule has 38 heavy (non-hydrogen) atoms. The van der Waals surface area contributed by atoms with Gasteiger partial charge in [-0.3, -0.25) is 19.7 Å². The summed E-state index contributed by atoms with van der Waals surface area (Å²) in [7, 11) is 0. The molecule has 3 rings (SSSR count). The monoisotopic (exact) mass is 597 g/mol. The van der Waals surface area contributed by atoms with E-state index in [1.165, 1.54) is 23.9 Å². The summed E-state index contributed by atoms with van der Waals surface area (Å²) in [6.45, 7) is 4.90. The predicted molar refractivity (Wildman–Crippen MR) is 156 cm³/mol. The number of carbonyl (C=O) groups excluding carboxylic acids is 2. The van der Waals surface area contributed by atoms with Crippen molar-refractivity contribution >= 4 is 45.2 Å². The molecule has 0 saturated carbocycles. The molecule has 0 aliphatic rings. The minimum atomic E-state index is -0.674. The predicted octanol–water partition coefficient (Wildman–Crippen LogP) is 6.00. The highest BCUT2D eigenvalue weighted by molar-refractivity contribution is 9.10. The molecule has 0 fully saturated rings. The highest BCUT2D eigenvalue weighted by Gasteiger charge is 2.30. The Bertz CT molecular complexity index is 1200. The number of nitro benzene ring substituents is 1. The van der Waals surface area contributed by atoms with E-state index in [4.69, 9.17) is 0 Å². The van der Waals surface area contributed by atoms with Crippen LogP contribution in [0.3, 0.4) is 0 Å². The fourth-order valence-electron chi connectivity index (χ4n) is 3.82. The van der Waals surface area contributed by atoms with Crippen LogP contribution in [0.5, 0.6) is 0 Å². The van der Waals surface area contributed by atoms with Gasteiger partial charge in [0.05, 0.1) is 10.7 Å². The highest BCUT2D eigenvalue weighted by atomic mass is 79.9. The van der Waals surface area contributed by atoms with Crippen LogP contribution in [0.1, 0.15) is 30.5 Å². The van der Waals surface area contributed by atoms with Gasteiger partial charge in [0.2, 0.25) is 11.8 Å². The zero-order valence-corrected chi connectivity index (χ0v) is 23.9. The largest absolute Gasteiger partial charge is 0.354 e. The Morgan fingerprint density at radius 3 is 2.18 bits per heavy atom. The van der Waals surface area contributed by atoms with Crippen molar-refractivity contribution in [1.29, 1.82) is 0 Å². The topological polar surface area (TPSA) is 92.6 Å². The van der Waals surface area contributed by atoms with Gasteiger partial charge in [0.25, 0.3) is 5.69 Å². The Kier molecular flexibility index (Phi) is 11.4. The van der Waals surface area contributed by atoms with E-state index >= 15 is 0 Å². The number of thioether (sulfide) groups is 1. The number of carbonyl (C=O) groups is 2. The lowest BCUT2D eigenvalue weighted by Crippen LogP contribution is -2.51. The molecule has 1 N–H and O–H groups in total.